The van der Waals surface area contributed by atoms with E-state index >= 15 is 0 Å². The van der Waals surface area contributed by atoms with Gasteiger partial charge < -0.3 is 24.8 Å². The molecule has 0 atom stereocenters. The van der Waals surface area contributed by atoms with Gasteiger partial charge in [0.1, 0.15) is 0 Å². The van der Waals surface area contributed by atoms with Crippen molar-refractivity contribution in [2.45, 2.75) is 13.0 Å². The van der Waals surface area contributed by atoms with E-state index in [9.17, 15) is 29.4 Å². The van der Waals surface area contributed by atoms with Crippen molar-refractivity contribution >= 4 is 11.9 Å². The molecule has 0 fully saturated rings. The first-order valence-electron chi connectivity index (χ1n) is 4.13. The Bertz CT molecular complexity index is 549. The minimum atomic E-state index is -1.63. The molecule has 0 saturated carbocycles. The molecule has 0 bridgehead atoms. The maximum absolute atomic E-state index is 11.4. The van der Waals surface area contributed by atoms with Gasteiger partial charge in [-0.2, -0.15) is 0 Å². The number of aliphatic carboxylic acids is 2. The molecule has 18 heavy (non-hydrogen) atoms. The number of carboxylic acids is 2. The molecule has 86 valence electrons. The predicted octanol–water partition coefficient (Wildman–Crippen LogP) is -10.4. The molecular weight excluding hydrogens is 266 g/mol. The summed E-state index contributed by atoms with van der Waals surface area (Å²) in [4.78, 5) is 45.0. The topological polar surface area (TPSA) is 135 Å². The van der Waals surface area contributed by atoms with E-state index < -0.39 is 36.2 Å². The second-order valence-electron chi connectivity index (χ2n) is 2.93. The summed E-state index contributed by atoms with van der Waals surface area (Å²) < 4.78 is 0.341. The Morgan fingerprint density at radius 1 is 1.17 bits per heavy atom. The Hall–Kier alpha value is -0.380. The van der Waals surface area contributed by atoms with Crippen molar-refractivity contribution in [1.82, 2.24) is 9.55 Å². The zero-order valence-corrected chi connectivity index (χ0v) is 13.9. The van der Waals surface area contributed by atoms with Crippen molar-refractivity contribution in [3.05, 3.63) is 32.6 Å². The second kappa shape index (κ2) is 8.68. The van der Waals surface area contributed by atoms with Gasteiger partial charge >= 0.3 is 64.8 Å². The normalized spacial score (nSPS) is 8.89. The van der Waals surface area contributed by atoms with Crippen molar-refractivity contribution in [2.75, 3.05) is 0 Å². The van der Waals surface area contributed by atoms with Gasteiger partial charge in [0.15, 0.2) is 0 Å². The summed E-state index contributed by atoms with van der Waals surface area (Å²) in [6.07, 6.45) is 0.203. The molecule has 1 aromatic rings. The van der Waals surface area contributed by atoms with Crippen LogP contribution in [0.25, 0.3) is 0 Å². The fourth-order valence-electron chi connectivity index (χ4n) is 1.11. The molecule has 0 saturated heterocycles. The van der Waals surface area contributed by atoms with Gasteiger partial charge in [0.25, 0.3) is 5.56 Å². The Balaban J connectivity index is 0. The molecule has 10 heteroatoms. The van der Waals surface area contributed by atoms with Crippen LogP contribution in [-0.4, -0.2) is 21.5 Å². The first-order chi connectivity index (χ1) is 7.41. The summed E-state index contributed by atoms with van der Waals surface area (Å²) in [7, 11) is 0. The van der Waals surface area contributed by atoms with Crippen LogP contribution in [0.3, 0.4) is 0 Å². The molecule has 0 radical (unpaired) electrons. The quantitative estimate of drug-likeness (QED) is 0.540. The zero-order chi connectivity index (χ0) is 12.3. The Morgan fingerprint density at radius 2 is 1.72 bits per heavy atom. The molecule has 1 N–H and O–H groups in total. The molecule has 1 rings (SSSR count). The molecule has 1 aromatic heterocycles. The Labute approximate surface area is 145 Å². The number of aromatic nitrogens is 2. The standard InChI is InChI=1S/C8H8N2O6.2Na/c11-5(12)1-4-2-9-8(16)10(7(4)15)3-6(13)14;;/h2H,1,3H2,(H,9,16)(H,11,12)(H,13,14);;/q;2*+1/p-2. The summed E-state index contributed by atoms with van der Waals surface area (Å²) in [5.41, 5.74) is -2.20. The third-order valence-corrected chi connectivity index (χ3v) is 1.76. The molecule has 0 aliphatic carbocycles. The van der Waals surface area contributed by atoms with Crippen LogP contribution in [0.2, 0.25) is 0 Å². The number of nitrogens with zero attached hydrogens (tertiary/aromatic N) is 1. The van der Waals surface area contributed by atoms with Crippen LogP contribution >= 0.6 is 0 Å². The third kappa shape index (κ3) is 5.51. The number of carbonyl (C=O) groups excluding carboxylic acids is 2. The van der Waals surface area contributed by atoms with Gasteiger partial charge in [0.2, 0.25) is 0 Å². The minimum absolute atomic E-state index is 0. The molecule has 0 amide bonds. The number of rotatable bonds is 4. The summed E-state index contributed by atoms with van der Waals surface area (Å²) in [6.45, 7) is -0.935. The maximum Gasteiger partial charge on any atom is 1.00 e. The zero-order valence-electron chi connectivity index (χ0n) is 9.89. The predicted molar refractivity (Wildman–Crippen MR) is 45.0 cm³/mol. The number of carbonyl (C=O) groups is 2. The second-order valence-corrected chi connectivity index (χ2v) is 2.93. The fraction of sp³-hybridized carbons (Fsp3) is 0.250. The van der Waals surface area contributed by atoms with Crippen LogP contribution in [0.5, 0.6) is 0 Å². The number of hydrogen-bond acceptors (Lipinski definition) is 6. The van der Waals surface area contributed by atoms with Gasteiger partial charge in [0, 0.05) is 24.2 Å². The van der Waals surface area contributed by atoms with Gasteiger partial charge in [0.05, 0.1) is 12.5 Å². The van der Waals surface area contributed by atoms with E-state index in [2.05, 4.69) is 0 Å². The summed E-state index contributed by atoms with van der Waals surface area (Å²) in [6, 6.07) is 0. The number of nitrogens with one attached hydrogen (secondary N) is 1. The van der Waals surface area contributed by atoms with E-state index in [1.807, 2.05) is 4.98 Å². The fourth-order valence-corrected chi connectivity index (χ4v) is 1.11. The summed E-state index contributed by atoms with van der Waals surface area (Å²) >= 11 is 0. The van der Waals surface area contributed by atoms with Gasteiger partial charge in [-0.15, -0.1) is 0 Å². The van der Waals surface area contributed by atoms with E-state index in [1.165, 1.54) is 0 Å². The smallest absolute Gasteiger partial charge is 0.550 e. The first-order valence-corrected chi connectivity index (χ1v) is 4.13. The van der Waals surface area contributed by atoms with Crippen LogP contribution in [0.1, 0.15) is 5.56 Å². The van der Waals surface area contributed by atoms with E-state index in [-0.39, 0.29) is 64.7 Å². The summed E-state index contributed by atoms with van der Waals surface area (Å²) in [5.74, 6) is -3.14. The van der Waals surface area contributed by atoms with Crippen molar-refractivity contribution in [3.8, 4) is 0 Å². The monoisotopic (exact) mass is 272 g/mol. The van der Waals surface area contributed by atoms with Crippen LogP contribution in [-0.2, 0) is 22.6 Å². The van der Waals surface area contributed by atoms with Crippen LogP contribution < -0.4 is 80.6 Å². The van der Waals surface area contributed by atoms with Gasteiger partial charge in [-0.1, -0.05) is 0 Å². The molecule has 0 unspecified atom stereocenters. The average molecular weight is 272 g/mol. The van der Waals surface area contributed by atoms with Crippen molar-refractivity contribution in [3.63, 3.8) is 0 Å². The molecule has 0 aliphatic heterocycles. The Kier molecular flexibility index (Phi) is 9.61. The largest absolute Gasteiger partial charge is 1.00 e. The van der Waals surface area contributed by atoms with E-state index in [1.54, 1.807) is 0 Å². The first kappa shape index (κ1) is 19.9. The molecular formula is C8H6N2Na2O6. The van der Waals surface area contributed by atoms with Crippen LogP contribution in [0.4, 0.5) is 0 Å². The maximum atomic E-state index is 11.4. The average Bonchev–Trinajstić information content (AvgIpc) is 2.16. The SMILES string of the molecule is O=C([O-])Cc1c[nH]c(=O)n(CC(=O)[O-])c1=O.[Na+].[Na+]. The number of aromatic amines is 1. The molecule has 0 aliphatic rings. The summed E-state index contributed by atoms with van der Waals surface area (Å²) in [5, 5.41) is 20.5. The van der Waals surface area contributed by atoms with Gasteiger partial charge in [-0.3, -0.25) is 9.36 Å². The van der Waals surface area contributed by atoms with Gasteiger partial charge in [-0.25, -0.2) is 4.79 Å². The number of hydrogen-bond donors (Lipinski definition) is 1. The van der Waals surface area contributed by atoms with Crippen LogP contribution in [0.15, 0.2) is 15.8 Å². The molecule has 8 nitrogen and oxygen atoms in total. The van der Waals surface area contributed by atoms with Gasteiger partial charge in [-0.05, 0) is 0 Å². The molecule has 1 heterocycles. The molecule has 0 aromatic carbocycles. The number of H-pyrrole nitrogens is 1. The van der Waals surface area contributed by atoms with E-state index in [0.717, 1.165) is 6.20 Å². The van der Waals surface area contributed by atoms with Crippen molar-refractivity contribution in [2.24, 2.45) is 0 Å². The third-order valence-electron chi connectivity index (χ3n) is 1.76. The van der Waals surface area contributed by atoms with Crippen LogP contribution in [0, 0.1) is 0 Å². The number of carboxylic acid groups (broad SMARTS) is 2. The van der Waals surface area contributed by atoms with Crippen molar-refractivity contribution in [1.29, 1.82) is 0 Å². The van der Waals surface area contributed by atoms with Crippen molar-refractivity contribution < 1.29 is 78.9 Å². The minimum Gasteiger partial charge on any atom is -0.550 e. The Morgan fingerprint density at radius 3 is 2.17 bits per heavy atom. The molecule has 0 spiro atoms. The van der Waals surface area contributed by atoms with E-state index in [4.69, 9.17) is 0 Å². The van der Waals surface area contributed by atoms with E-state index in [0.29, 0.717) is 4.57 Å².